The van der Waals surface area contributed by atoms with Crippen LogP contribution in [-0.4, -0.2) is 26.0 Å². The Labute approximate surface area is 109 Å². The molecule has 1 aromatic carbocycles. The van der Waals surface area contributed by atoms with Crippen LogP contribution >= 0.6 is 0 Å². The van der Waals surface area contributed by atoms with Crippen LogP contribution in [0.3, 0.4) is 0 Å². The third-order valence-electron chi connectivity index (χ3n) is 2.80. The van der Waals surface area contributed by atoms with Crippen molar-refractivity contribution in [3.63, 3.8) is 0 Å². The zero-order valence-corrected chi connectivity index (χ0v) is 10.4. The molecule has 0 spiro atoms. The first-order chi connectivity index (χ1) is 9.12. The summed E-state index contributed by atoms with van der Waals surface area (Å²) in [6.07, 6.45) is 0. The molecule has 1 aliphatic heterocycles. The lowest BCUT2D eigenvalue weighted by Crippen LogP contribution is -2.22. The van der Waals surface area contributed by atoms with E-state index in [1.807, 2.05) is 0 Å². The number of benzene rings is 1. The van der Waals surface area contributed by atoms with Crippen LogP contribution in [0.25, 0.3) is 5.57 Å². The van der Waals surface area contributed by atoms with Crippen LogP contribution in [0, 0.1) is 11.3 Å². The Kier molecular flexibility index (Phi) is 3.21. The minimum atomic E-state index is -0.667. The SMILES string of the molecule is CNc1ccc(C2=C(C#N)C(=O)NC2=O)cc1OC. The van der Waals surface area contributed by atoms with Gasteiger partial charge in [-0.05, 0) is 17.7 Å². The molecule has 0 atom stereocenters. The molecular formula is C13H11N3O3. The number of rotatable bonds is 3. The van der Waals surface area contributed by atoms with E-state index in [2.05, 4.69) is 10.6 Å². The summed E-state index contributed by atoms with van der Waals surface area (Å²) >= 11 is 0. The molecule has 96 valence electrons. The first-order valence-electron chi connectivity index (χ1n) is 5.48. The molecule has 0 saturated carbocycles. The number of nitriles is 1. The summed E-state index contributed by atoms with van der Waals surface area (Å²) in [7, 11) is 3.24. The van der Waals surface area contributed by atoms with E-state index in [4.69, 9.17) is 10.00 Å². The highest BCUT2D eigenvalue weighted by molar-refractivity contribution is 6.37. The molecule has 0 radical (unpaired) electrons. The van der Waals surface area contributed by atoms with Crippen LogP contribution in [0.5, 0.6) is 5.75 Å². The summed E-state index contributed by atoms with van der Waals surface area (Å²) < 4.78 is 5.18. The van der Waals surface area contributed by atoms with E-state index in [0.29, 0.717) is 11.3 Å². The molecule has 0 unspecified atom stereocenters. The van der Waals surface area contributed by atoms with Gasteiger partial charge in [-0.3, -0.25) is 14.9 Å². The summed E-state index contributed by atoms with van der Waals surface area (Å²) in [5.41, 5.74) is 1.11. The third kappa shape index (κ3) is 2.02. The Balaban J connectivity index is 2.59. The monoisotopic (exact) mass is 257 g/mol. The fourth-order valence-corrected chi connectivity index (χ4v) is 1.89. The summed E-state index contributed by atoms with van der Waals surface area (Å²) in [5, 5.41) is 14.0. The molecule has 2 rings (SSSR count). The Morgan fingerprint density at radius 2 is 2.05 bits per heavy atom. The van der Waals surface area contributed by atoms with Crippen molar-refractivity contribution in [2.45, 2.75) is 0 Å². The second kappa shape index (κ2) is 4.82. The molecule has 0 bridgehead atoms. The van der Waals surface area contributed by atoms with Crippen molar-refractivity contribution in [2.75, 3.05) is 19.5 Å². The molecule has 6 heteroatoms. The molecule has 0 saturated heterocycles. The largest absolute Gasteiger partial charge is 0.495 e. The molecule has 2 N–H and O–H groups in total. The number of carbonyl (C=O) groups is 2. The second-order valence-electron chi connectivity index (χ2n) is 3.81. The number of ether oxygens (including phenoxy) is 1. The number of hydrogen-bond acceptors (Lipinski definition) is 5. The normalized spacial score (nSPS) is 14.2. The van der Waals surface area contributed by atoms with Gasteiger partial charge in [-0.15, -0.1) is 0 Å². The maximum absolute atomic E-state index is 11.7. The smallest absolute Gasteiger partial charge is 0.269 e. The lowest BCUT2D eigenvalue weighted by atomic mass is 10.0. The van der Waals surface area contributed by atoms with Crippen molar-refractivity contribution in [1.82, 2.24) is 5.32 Å². The van der Waals surface area contributed by atoms with Crippen molar-refractivity contribution < 1.29 is 14.3 Å². The molecule has 0 aliphatic carbocycles. The second-order valence-corrected chi connectivity index (χ2v) is 3.81. The van der Waals surface area contributed by atoms with E-state index in [1.54, 1.807) is 31.3 Å². The number of amides is 2. The van der Waals surface area contributed by atoms with Crippen molar-refractivity contribution in [3.8, 4) is 11.8 Å². The van der Waals surface area contributed by atoms with Crippen molar-refractivity contribution in [3.05, 3.63) is 29.3 Å². The van der Waals surface area contributed by atoms with Crippen molar-refractivity contribution in [2.24, 2.45) is 0 Å². The average Bonchev–Trinajstić information content (AvgIpc) is 2.71. The Bertz CT molecular complexity index is 641. The Hall–Kier alpha value is -2.81. The molecule has 6 nitrogen and oxygen atoms in total. The van der Waals surface area contributed by atoms with Gasteiger partial charge >= 0.3 is 0 Å². The van der Waals surface area contributed by atoms with Gasteiger partial charge in [0.1, 0.15) is 17.4 Å². The predicted octanol–water partition coefficient (Wildman–Crippen LogP) is 0.670. The van der Waals surface area contributed by atoms with Crippen LogP contribution in [0.15, 0.2) is 23.8 Å². The quantitative estimate of drug-likeness (QED) is 0.776. The van der Waals surface area contributed by atoms with E-state index in [0.717, 1.165) is 5.69 Å². The molecule has 1 heterocycles. The highest BCUT2D eigenvalue weighted by atomic mass is 16.5. The van der Waals surface area contributed by atoms with Gasteiger partial charge in [-0.25, -0.2) is 0 Å². The van der Waals surface area contributed by atoms with Crippen LogP contribution < -0.4 is 15.4 Å². The van der Waals surface area contributed by atoms with E-state index in [9.17, 15) is 9.59 Å². The summed E-state index contributed by atoms with van der Waals surface area (Å²) in [5.74, 6) is -0.711. The zero-order chi connectivity index (χ0) is 14.0. The lowest BCUT2D eigenvalue weighted by molar-refractivity contribution is -0.123. The minimum absolute atomic E-state index is 0.0773. The zero-order valence-electron chi connectivity index (χ0n) is 10.4. The van der Waals surface area contributed by atoms with E-state index < -0.39 is 11.8 Å². The number of imide groups is 1. The van der Waals surface area contributed by atoms with Crippen LogP contribution in [0.4, 0.5) is 5.69 Å². The topological polar surface area (TPSA) is 91.2 Å². The van der Waals surface area contributed by atoms with Gasteiger partial charge in [0.05, 0.1) is 18.4 Å². The Morgan fingerprint density at radius 1 is 1.32 bits per heavy atom. The number of methoxy groups -OCH3 is 1. The molecule has 0 fully saturated rings. The molecule has 1 aromatic rings. The van der Waals surface area contributed by atoms with Gasteiger partial charge in [0, 0.05) is 7.05 Å². The van der Waals surface area contributed by atoms with Gasteiger partial charge in [0.15, 0.2) is 0 Å². The highest BCUT2D eigenvalue weighted by Gasteiger charge is 2.31. The molecule has 19 heavy (non-hydrogen) atoms. The summed E-state index contributed by atoms with van der Waals surface area (Å²) in [4.78, 5) is 23.1. The summed E-state index contributed by atoms with van der Waals surface area (Å²) in [6, 6.07) is 6.72. The van der Waals surface area contributed by atoms with Gasteiger partial charge in [0.2, 0.25) is 0 Å². The fourth-order valence-electron chi connectivity index (χ4n) is 1.89. The standard InChI is InChI=1S/C13H11N3O3/c1-15-9-4-3-7(5-10(9)19-2)11-8(6-14)12(17)16-13(11)18/h3-5,15H,1-2H3,(H,16,17,18). The van der Waals surface area contributed by atoms with Crippen molar-refractivity contribution >= 4 is 23.1 Å². The van der Waals surface area contributed by atoms with Gasteiger partial charge in [-0.2, -0.15) is 5.26 Å². The highest BCUT2D eigenvalue weighted by Crippen LogP contribution is 2.31. The fraction of sp³-hybridized carbons (Fsp3) is 0.154. The molecular weight excluding hydrogens is 246 g/mol. The third-order valence-corrected chi connectivity index (χ3v) is 2.80. The first kappa shape index (κ1) is 12.6. The van der Waals surface area contributed by atoms with Crippen LogP contribution in [-0.2, 0) is 9.59 Å². The van der Waals surface area contributed by atoms with Crippen molar-refractivity contribution in [1.29, 1.82) is 5.26 Å². The number of anilines is 1. The molecule has 0 aromatic heterocycles. The van der Waals surface area contributed by atoms with Gasteiger partial charge in [0.25, 0.3) is 11.8 Å². The molecule has 2 amide bonds. The maximum atomic E-state index is 11.7. The lowest BCUT2D eigenvalue weighted by Gasteiger charge is -2.10. The van der Waals surface area contributed by atoms with E-state index in [1.165, 1.54) is 7.11 Å². The minimum Gasteiger partial charge on any atom is -0.495 e. The maximum Gasteiger partial charge on any atom is 0.269 e. The average molecular weight is 257 g/mol. The predicted molar refractivity (Wildman–Crippen MR) is 68.2 cm³/mol. The molecule has 1 aliphatic rings. The van der Waals surface area contributed by atoms with E-state index >= 15 is 0 Å². The number of carbonyl (C=O) groups excluding carboxylic acids is 2. The van der Waals surface area contributed by atoms with Crippen LogP contribution in [0.1, 0.15) is 5.56 Å². The van der Waals surface area contributed by atoms with Gasteiger partial charge in [-0.1, -0.05) is 6.07 Å². The number of hydrogen-bond donors (Lipinski definition) is 2. The van der Waals surface area contributed by atoms with E-state index in [-0.39, 0.29) is 11.1 Å². The summed E-state index contributed by atoms with van der Waals surface area (Å²) in [6.45, 7) is 0. The van der Waals surface area contributed by atoms with Gasteiger partial charge < -0.3 is 10.1 Å². The number of nitrogens with zero attached hydrogens (tertiary/aromatic N) is 1. The van der Waals surface area contributed by atoms with Crippen LogP contribution in [0.2, 0.25) is 0 Å². The number of nitrogens with one attached hydrogen (secondary N) is 2. The first-order valence-corrected chi connectivity index (χ1v) is 5.48. The Morgan fingerprint density at radius 3 is 2.63 bits per heavy atom.